The van der Waals surface area contributed by atoms with Gasteiger partial charge in [-0.05, 0) is 30.2 Å². The molecule has 2 heterocycles. The SMILES string of the molecule is COc1cc(C=CC2OCC3=CC(C)N(O)C=C32)cc(OC)c1OC. The molecule has 1 aromatic carbocycles. The van der Waals surface area contributed by atoms with Crippen LogP contribution in [-0.4, -0.2) is 50.4 Å². The van der Waals surface area contributed by atoms with Crippen LogP contribution in [0.1, 0.15) is 12.5 Å². The topological polar surface area (TPSA) is 60.4 Å². The summed E-state index contributed by atoms with van der Waals surface area (Å²) >= 11 is 0. The van der Waals surface area contributed by atoms with Gasteiger partial charge in [0.2, 0.25) is 5.75 Å². The van der Waals surface area contributed by atoms with Gasteiger partial charge in [0, 0.05) is 11.8 Å². The summed E-state index contributed by atoms with van der Waals surface area (Å²) in [6, 6.07) is 3.71. The Morgan fingerprint density at radius 2 is 1.84 bits per heavy atom. The fourth-order valence-corrected chi connectivity index (χ4v) is 3.02. The Bertz CT molecular complexity index is 712. The summed E-state index contributed by atoms with van der Waals surface area (Å²) in [5.74, 6) is 1.76. The third kappa shape index (κ3) is 3.36. The summed E-state index contributed by atoms with van der Waals surface area (Å²) in [5.41, 5.74) is 3.00. The van der Waals surface area contributed by atoms with Gasteiger partial charge in [0.05, 0.1) is 34.0 Å². The highest BCUT2D eigenvalue weighted by atomic mass is 16.5. The second-order valence-corrected chi connectivity index (χ2v) is 5.95. The van der Waals surface area contributed by atoms with Crippen molar-refractivity contribution in [1.29, 1.82) is 0 Å². The van der Waals surface area contributed by atoms with Crippen molar-refractivity contribution in [2.24, 2.45) is 0 Å². The predicted octanol–water partition coefficient (Wildman–Crippen LogP) is 3.03. The lowest BCUT2D eigenvalue weighted by molar-refractivity contribution is -0.0618. The van der Waals surface area contributed by atoms with E-state index in [4.69, 9.17) is 18.9 Å². The van der Waals surface area contributed by atoms with Gasteiger partial charge in [-0.1, -0.05) is 18.2 Å². The monoisotopic (exact) mass is 345 g/mol. The zero-order valence-electron chi connectivity index (χ0n) is 14.9. The highest BCUT2D eigenvalue weighted by Gasteiger charge is 2.29. The van der Waals surface area contributed by atoms with Gasteiger partial charge in [0.25, 0.3) is 0 Å². The number of nitrogens with zero attached hydrogens (tertiary/aromatic N) is 1. The van der Waals surface area contributed by atoms with Crippen molar-refractivity contribution in [2.45, 2.75) is 19.1 Å². The Morgan fingerprint density at radius 1 is 1.16 bits per heavy atom. The first kappa shape index (κ1) is 17.4. The van der Waals surface area contributed by atoms with E-state index in [1.165, 1.54) is 5.06 Å². The molecule has 1 aromatic rings. The van der Waals surface area contributed by atoms with E-state index < -0.39 is 0 Å². The van der Waals surface area contributed by atoms with Crippen LogP contribution < -0.4 is 14.2 Å². The molecule has 0 saturated carbocycles. The van der Waals surface area contributed by atoms with Crippen LogP contribution in [-0.2, 0) is 4.74 Å². The van der Waals surface area contributed by atoms with Crippen LogP contribution in [0.25, 0.3) is 6.08 Å². The number of hydrogen-bond donors (Lipinski definition) is 1. The molecule has 1 fully saturated rings. The highest BCUT2D eigenvalue weighted by Crippen LogP contribution is 2.39. The minimum atomic E-state index is -0.201. The standard InChI is InChI=1S/C19H23NO5/c1-12-7-14-11-25-16(15(14)10-20(12)21)6-5-13-8-17(22-2)19(24-4)18(9-13)23-3/h5-10,12,16,21H,11H2,1-4H3. The number of rotatable bonds is 5. The van der Waals surface area contributed by atoms with Crippen molar-refractivity contribution in [3.63, 3.8) is 0 Å². The van der Waals surface area contributed by atoms with Gasteiger partial charge in [0.15, 0.2) is 11.5 Å². The number of fused-ring (bicyclic) bond motifs is 1. The molecular weight excluding hydrogens is 322 g/mol. The molecule has 25 heavy (non-hydrogen) atoms. The smallest absolute Gasteiger partial charge is 0.203 e. The molecule has 2 atom stereocenters. The summed E-state index contributed by atoms with van der Waals surface area (Å²) in [4.78, 5) is 0. The number of methoxy groups -OCH3 is 3. The summed E-state index contributed by atoms with van der Waals surface area (Å²) in [6.07, 6.45) is 7.45. The Labute approximate surface area is 147 Å². The minimum Gasteiger partial charge on any atom is -0.493 e. The number of hydroxylamine groups is 2. The second-order valence-electron chi connectivity index (χ2n) is 5.95. The largest absolute Gasteiger partial charge is 0.493 e. The van der Waals surface area contributed by atoms with Gasteiger partial charge in [-0.2, -0.15) is 0 Å². The molecule has 0 radical (unpaired) electrons. The number of benzene rings is 1. The quantitative estimate of drug-likeness (QED) is 0.885. The molecule has 6 nitrogen and oxygen atoms in total. The molecule has 0 aromatic heterocycles. The summed E-state index contributed by atoms with van der Waals surface area (Å²) < 4.78 is 21.9. The fraction of sp³-hybridized carbons (Fsp3) is 0.368. The zero-order chi connectivity index (χ0) is 18.0. The molecular formula is C19H23NO5. The van der Waals surface area contributed by atoms with Gasteiger partial charge >= 0.3 is 0 Å². The van der Waals surface area contributed by atoms with Gasteiger partial charge in [-0.25, -0.2) is 0 Å². The van der Waals surface area contributed by atoms with Crippen LogP contribution in [0.4, 0.5) is 0 Å². The van der Waals surface area contributed by atoms with Crippen LogP contribution in [0.3, 0.4) is 0 Å². The molecule has 2 aliphatic rings. The van der Waals surface area contributed by atoms with E-state index in [0.29, 0.717) is 23.9 Å². The Kier molecular flexibility index (Phi) is 5.01. The summed E-state index contributed by atoms with van der Waals surface area (Å²) in [7, 11) is 4.75. The third-order valence-electron chi connectivity index (χ3n) is 4.38. The lowest BCUT2D eigenvalue weighted by Crippen LogP contribution is -2.27. The normalized spacial score (nSPS) is 22.5. The maximum atomic E-state index is 9.91. The van der Waals surface area contributed by atoms with Crippen molar-refractivity contribution in [3.8, 4) is 17.2 Å². The zero-order valence-corrected chi connectivity index (χ0v) is 14.9. The third-order valence-corrected chi connectivity index (χ3v) is 4.38. The predicted molar refractivity (Wildman–Crippen MR) is 94.1 cm³/mol. The van der Waals surface area contributed by atoms with E-state index in [9.17, 15) is 5.21 Å². The maximum absolute atomic E-state index is 9.91. The molecule has 1 N–H and O–H groups in total. The van der Waals surface area contributed by atoms with E-state index >= 15 is 0 Å². The van der Waals surface area contributed by atoms with Crippen LogP contribution >= 0.6 is 0 Å². The molecule has 134 valence electrons. The lowest BCUT2D eigenvalue weighted by Gasteiger charge is -2.24. The van der Waals surface area contributed by atoms with Crippen molar-refractivity contribution >= 4 is 6.08 Å². The van der Waals surface area contributed by atoms with Crippen LogP contribution in [0.5, 0.6) is 17.2 Å². The fourth-order valence-electron chi connectivity index (χ4n) is 3.02. The highest BCUT2D eigenvalue weighted by molar-refractivity contribution is 5.63. The average Bonchev–Trinajstić information content (AvgIpc) is 3.01. The molecule has 0 bridgehead atoms. The average molecular weight is 345 g/mol. The molecule has 1 saturated heterocycles. The summed E-state index contributed by atoms with van der Waals surface area (Å²) in [6.45, 7) is 2.48. The van der Waals surface area contributed by atoms with Gasteiger partial charge in [0.1, 0.15) is 6.10 Å². The van der Waals surface area contributed by atoms with E-state index in [1.807, 2.05) is 37.3 Å². The second kappa shape index (κ2) is 7.21. The molecule has 2 unspecified atom stereocenters. The Morgan fingerprint density at radius 3 is 2.44 bits per heavy atom. The molecule has 2 aliphatic heterocycles. The van der Waals surface area contributed by atoms with Crippen molar-refractivity contribution in [1.82, 2.24) is 5.06 Å². The molecule has 0 aliphatic carbocycles. The Hall–Kier alpha value is -2.44. The first-order chi connectivity index (χ1) is 12.1. The lowest BCUT2D eigenvalue weighted by atomic mass is 9.99. The summed E-state index contributed by atoms with van der Waals surface area (Å²) in [5, 5.41) is 11.1. The van der Waals surface area contributed by atoms with Gasteiger partial charge in [-0.15, -0.1) is 0 Å². The molecule has 3 rings (SSSR count). The van der Waals surface area contributed by atoms with E-state index in [1.54, 1.807) is 27.5 Å². The Balaban J connectivity index is 1.85. The van der Waals surface area contributed by atoms with Crippen molar-refractivity contribution in [3.05, 3.63) is 47.2 Å². The first-order valence-electron chi connectivity index (χ1n) is 8.07. The van der Waals surface area contributed by atoms with E-state index in [-0.39, 0.29) is 12.1 Å². The van der Waals surface area contributed by atoms with Crippen LogP contribution in [0.15, 0.2) is 41.6 Å². The van der Waals surface area contributed by atoms with Crippen LogP contribution in [0, 0.1) is 0 Å². The number of hydrogen-bond acceptors (Lipinski definition) is 6. The van der Waals surface area contributed by atoms with Crippen molar-refractivity contribution < 1.29 is 24.2 Å². The van der Waals surface area contributed by atoms with Gasteiger partial charge in [-0.3, -0.25) is 10.3 Å². The first-order valence-corrected chi connectivity index (χ1v) is 8.07. The van der Waals surface area contributed by atoms with E-state index in [2.05, 4.69) is 0 Å². The maximum Gasteiger partial charge on any atom is 0.203 e. The molecule has 6 heteroatoms. The van der Waals surface area contributed by atoms with Crippen molar-refractivity contribution in [2.75, 3.05) is 27.9 Å². The van der Waals surface area contributed by atoms with Crippen LogP contribution in [0.2, 0.25) is 0 Å². The molecule has 0 amide bonds. The van der Waals surface area contributed by atoms with Gasteiger partial charge < -0.3 is 18.9 Å². The molecule has 0 spiro atoms. The number of ether oxygens (including phenoxy) is 4. The van der Waals surface area contributed by atoms with E-state index in [0.717, 1.165) is 16.7 Å². The minimum absolute atomic E-state index is 0.0415.